The van der Waals surface area contributed by atoms with Crippen molar-refractivity contribution in [2.24, 2.45) is 0 Å². The van der Waals surface area contributed by atoms with E-state index in [1.807, 2.05) is 0 Å². The maximum Gasteiger partial charge on any atom is 0.249 e. The molecule has 80 valence electrons. The zero-order valence-corrected chi connectivity index (χ0v) is 10.7. The van der Waals surface area contributed by atoms with Gasteiger partial charge in [0.1, 0.15) is 0 Å². The van der Waals surface area contributed by atoms with Crippen molar-refractivity contribution in [2.45, 2.75) is 0 Å². The molecule has 3 heteroatoms. The van der Waals surface area contributed by atoms with Gasteiger partial charge in [-0.15, -0.1) is 20.7 Å². The van der Waals surface area contributed by atoms with Gasteiger partial charge in [-0.1, -0.05) is 30.8 Å². The summed E-state index contributed by atoms with van der Waals surface area (Å²) >= 11 is 0.376. The minimum atomic E-state index is -0.0773. The molecule has 0 spiro atoms. The van der Waals surface area contributed by atoms with E-state index < -0.39 is 0 Å². The van der Waals surface area contributed by atoms with Crippen molar-refractivity contribution >= 4 is 35.7 Å². The van der Waals surface area contributed by atoms with E-state index in [-0.39, 0.29) is 5.91 Å². The molecule has 2 aliphatic rings. The van der Waals surface area contributed by atoms with Crippen LogP contribution in [-0.4, -0.2) is 13.8 Å². The summed E-state index contributed by atoms with van der Waals surface area (Å²) in [5, 5.41) is 2.69. The van der Waals surface area contributed by atoms with E-state index in [9.17, 15) is 4.79 Å². The molecule has 2 nitrogen and oxygen atoms in total. The van der Waals surface area contributed by atoms with Gasteiger partial charge in [0.25, 0.3) is 0 Å². The highest BCUT2D eigenvalue weighted by Crippen LogP contribution is 2.28. The number of hydrogen-bond acceptors (Lipinski definition) is 1. The van der Waals surface area contributed by atoms with Gasteiger partial charge >= 0.3 is 0 Å². The Morgan fingerprint density at radius 2 is 1.81 bits per heavy atom. The number of amides is 1. The van der Waals surface area contributed by atoms with Crippen LogP contribution in [0.25, 0.3) is 5.57 Å². The Hall–Kier alpha value is -1.23. The topological polar surface area (TPSA) is 29.1 Å². The molecule has 2 heterocycles. The van der Waals surface area contributed by atoms with Crippen molar-refractivity contribution in [3.05, 3.63) is 53.7 Å². The van der Waals surface area contributed by atoms with Crippen LogP contribution >= 0.6 is 20.7 Å². The van der Waals surface area contributed by atoms with E-state index in [0.717, 1.165) is 11.1 Å². The van der Waals surface area contributed by atoms with Gasteiger partial charge < -0.3 is 5.32 Å². The molecule has 1 N–H and O–H groups in total. The molecule has 16 heavy (non-hydrogen) atoms. The van der Waals surface area contributed by atoms with Crippen LogP contribution in [0.15, 0.2) is 42.6 Å². The van der Waals surface area contributed by atoms with Crippen LogP contribution in [0.2, 0.25) is 0 Å². The highest BCUT2D eigenvalue weighted by atomic mass is 127. The fourth-order valence-corrected chi connectivity index (χ4v) is 3.18. The lowest BCUT2D eigenvalue weighted by Gasteiger charge is -2.04. The van der Waals surface area contributed by atoms with Crippen LogP contribution in [0.3, 0.4) is 0 Å². The Morgan fingerprint density at radius 1 is 1.19 bits per heavy atom. The Bertz CT molecular complexity index is 552. The molecule has 0 aliphatic carbocycles. The van der Waals surface area contributed by atoms with Crippen molar-refractivity contribution in [1.29, 1.82) is 0 Å². The van der Waals surface area contributed by atoms with Crippen molar-refractivity contribution < 1.29 is 4.79 Å². The summed E-state index contributed by atoms with van der Waals surface area (Å²) in [5.41, 5.74) is 4.04. The number of rotatable bonds is 2. The third-order valence-corrected chi connectivity index (χ3v) is 4.80. The van der Waals surface area contributed by atoms with Gasteiger partial charge in [-0.2, -0.15) is 0 Å². The predicted octanol–water partition coefficient (Wildman–Crippen LogP) is 2.22. The molecule has 3 rings (SSSR count). The summed E-state index contributed by atoms with van der Waals surface area (Å²) in [5.74, 6) is -0.0773. The van der Waals surface area contributed by atoms with E-state index in [0.29, 0.717) is 26.4 Å². The molecule has 1 amide bonds. The molecule has 0 unspecified atom stereocenters. The Balaban J connectivity index is 1.95. The fraction of sp³-hybridized carbons (Fsp3) is 0.0769. The molecule has 0 saturated heterocycles. The number of hydrogen-bond donors (Lipinski definition) is 1. The summed E-state index contributed by atoms with van der Waals surface area (Å²) in [7, 11) is 0. The number of benzene rings is 1. The van der Waals surface area contributed by atoms with E-state index in [1.165, 1.54) is 9.99 Å². The van der Waals surface area contributed by atoms with Crippen LogP contribution in [0.1, 0.15) is 11.1 Å². The first kappa shape index (κ1) is 9.96. The zero-order valence-electron chi connectivity index (χ0n) is 8.59. The molecule has 0 fully saturated rings. The summed E-state index contributed by atoms with van der Waals surface area (Å²) in [6, 6.07) is 8.44. The lowest BCUT2D eigenvalue weighted by Crippen LogP contribution is -2.12. The number of carbonyl (C=O) groups is 1. The molecular formula is C13H10INO. The monoisotopic (exact) mass is 323 g/mol. The molecule has 1 aromatic rings. The van der Waals surface area contributed by atoms with Crippen LogP contribution in [0, 0.1) is 0 Å². The molecule has 2 aliphatic heterocycles. The third kappa shape index (κ3) is 1.75. The predicted molar refractivity (Wildman–Crippen MR) is 74.7 cm³/mol. The first-order valence-electron chi connectivity index (χ1n) is 5.02. The SMILES string of the molecule is C=C1NC(=O)C=C1c1ccc(C2=IC2)cc1. The minimum Gasteiger partial charge on any atom is -0.322 e. The molecular weight excluding hydrogens is 313 g/mol. The van der Waals surface area contributed by atoms with Crippen LogP contribution < -0.4 is 5.32 Å². The number of carbonyl (C=O) groups excluding carboxylic acids is 1. The van der Waals surface area contributed by atoms with Crippen LogP contribution in [0.5, 0.6) is 0 Å². The fourth-order valence-electron chi connectivity index (χ4n) is 1.75. The van der Waals surface area contributed by atoms with Gasteiger partial charge in [-0.3, -0.25) is 4.79 Å². The quantitative estimate of drug-likeness (QED) is 0.656. The van der Waals surface area contributed by atoms with Crippen molar-refractivity contribution in [3.8, 4) is 0 Å². The lowest BCUT2D eigenvalue weighted by atomic mass is 10.0. The smallest absolute Gasteiger partial charge is 0.249 e. The summed E-state index contributed by atoms with van der Waals surface area (Å²) in [4.78, 5) is 11.2. The van der Waals surface area contributed by atoms with Gasteiger partial charge in [-0.05, 0) is 14.6 Å². The molecule has 1 aromatic carbocycles. The molecule has 0 aromatic heterocycles. The average Bonchev–Trinajstić information content (AvgIpc) is 3.05. The Kier molecular flexibility index (Phi) is 2.28. The van der Waals surface area contributed by atoms with Gasteiger partial charge in [0.2, 0.25) is 5.91 Å². The molecule has 0 bridgehead atoms. The largest absolute Gasteiger partial charge is 0.322 e. The number of allylic oxidation sites excluding steroid dienone is 1. The minimum absolute atomic E-state index is 0.0773. The van der Waals surface area contributed by atoms with Gasteiger partial charge in [0, 0.05) is 21.8 Å². The first-order chi connectivity index (χ1) is 7.74. The highest BCUT2D eigenvalue weighted by molar-refractivity contribution is 14.2. The van der Waals surface area contributed by atoms with Gasteiger partial charge in [0.05, 0.1) is 0 Å². The first-order valence-corrected chi connectivity index (χ1v) is 7.62. The van der Waals surface area contributed by atoms with Crippen LogP contribution in [0.4, 0.5) is 0 Å². The van der Waals surface area contributed by atoms with E-state index in [4.69, 9.17) is 0 Å². The second kappa shape index (κ2) is 3.66. The number of alkyl halides is 1. The highest BCUT2D eigenvalue weighted by Gasteiger charge is 2.17. The van der Waals surface area contributed by atoms with E-state index in [1.54, 1.807) is 9.58 Å². The molecule has 0 saturated carbocycles. The lowest BCUT2D eigenvalue weighted by molar-refractivity contribution is -0.115. The van der Waals surface area contributed by atoms with Crippen molar-refractivity contribution in [3.63, 3.8) is 0 Å². The zero-order chi connectivity index (χ0) is 11.1. The van der Waals surface area contributed by atoms with E-state index >= 15 is 0 Å². The Labute approximate surface area is 104 Å². The summed E-state index contributed by atoms with van der Waals surface area (Å²) in [6.45, 7) is 3.83. The summed E-state index contributed by atoms with van der Waals surface area (Å²) in [6.07, 6.45) is 1.61. The molecule has 0 radical (unpaired) electrons. The summed E-state index contributed by atoms with van der Waals surface area (Å²) < 4.78 is 2.98. The van der Waals surface area contributed by atoms with E-state index in [2.05, 4.69) is 36.2 Å². The maximum atomic E-state index is 11.2. The van der Waals surface area contributed by atoms with Crippen molar-refractivity contribution in [1.82, 2.24) is 5.32 Å². The van der Waals surface area contributed by atoms with Crippen LogP contribution in [-0.2, 0) is 4.79 Å². The molecule has 0 atom stereocenters. The number of nitrogens with one attached hydrogen (secondary N) is 1. The van der Waals surface area contributed by atoms with Crippen molar-refractivity contribution in [2.75, 3.05) is 4.43 Å². The van der Waals surface area contributed by atoms with Gasteiger partial charge in [-0.25, -0.2) is 0 Å². The Morgan fingerprint density at radius 3 is 2.31 bits per heavy atom. The van der Waals surface area contributed by atoms with Gasteiger partial charge in [0.15, 0.2) is 0 Å². The third-order valence-electron chi connectivity index (χ3n) is 2.65. The maximum absolute atomic E-state index is 11.2. The average molecular weight is 323 g/mol. The number of halogens is 1. The second-order valence-electron chi connectivity index (χ2n) is 3.78. The standard InChI is InChI=1S/C13H10INO/c1-8-11(6-13(16)15-8)9-2-4-10(5-3-9)12-7-14-12/h2-6H,1,7H2,(H,15,16). The normalized spacial score (nSPS) is 18.5. The second-order valence-corrected chi connectivity index (χ2v) is 6.60.